The molecule has 2 aromatic rings. The van der Waals surface area contributed by atoms with Crippen LogP contribution in [0.4, 0.5) is 0 Å². The summed E-state index contributed by atoms with van der Waals surface area (Å²) in [5.41, 5.74) is 1.05. The minimum atomic E-state index is -3.57. The molecule has 1 heterocycles. The maximum absolute atomic E-state index is 13.4. The van der Waals surface area contributed by atoms with Gasteiger partial charge in [-0.25, -0.2) is 8.42 Å². The van der Waals surface area contributed by atoms with Crippen LogP contribution in [0.25, 0.3) is 0 Å². The third kappa shape index (κ3) is 3.88. The largest absolute Gasteiger partial charge is 0.494 e. The Morgan fingerprint density at radius 1 is 1.00 bits per heavy atom. The molecule has 0 aromatic heterocycles. The van der Waals surface area contributed by atoms with Crippen LogP contribution in [-0.4, -0.2) is 49.9 Å². The van der Waals surface area contributed by atoms with Gasteiger partial charge in [0, 0.05) is 25.7 Å². The predicted molar refractivity (Wildman–Crippen MR) is 105 cm³/mol. The van der Waals surface area contributed by atoms with Crippen molar-refractivity contribution in [2.45, 2.75) is 36.7 Å². The third-order valence-corrected chi connectivity index (χ3v) is 7.27. The Morgan fingerprint density at radius 3 is 2.33 bits per heavy atom. The monoisotopic (exact) mass is 386 g/mol. The fraction of sp³-hybridized carbons (Fsp3) is 0.429. The highest BCUT2D eigenvalue weighted by atomic mass is 32.2. The second-order valence-corrected chi connectivity index (χ2v) is 9.06. The van der Waals surface area contributed by atoms with Crippen molar-refractivity contribution in [3.05, 3.63) is 60.2 Å². The molecule has 1 saturated heterocycles. The molecule has 0 spiro atoms. The van der Waals surface area contributed by atoms with Crippen molar-refractivity contribution >= 4 is 10.0 Å². The summed E-state index contributed by atoms with van der Waals surface area (Å²) in [4.78, 5) is 2.77. The van der Waals surface area contributed by atoms with Crippen LogP contribution in [0.2, 0.25) is 0 Å². The molecule has 144 valence electrons. The number of benzene rings is 2. The van der Waals surface area contributed by atoms with Crippen LogP contribution in [0.15, 0.2) is 59.5 Å². The molecule has 1 aliphatic heterocycles. The number of nitrogens with zero attached hydrogens (tertiary/aromatic N) is 2. The second-order valence-electron chi connectivity index (χ2n) is 7.17. The highest BCUT2D eigenvalue weighted by Crippen LogP contribution is 2.36. The standard InChI is InChI=1S/C21H26N2O3S/c1-2-26-19-10-12-20(13-11-19)27(24,25)23-15-14-22(18-8-9-18)16-21(23)17-6-4-3-5-7-17/h3-7,10-13,18,21H,2,8-9,14-16H2,1H3. The zero-order chi connectivity index (χ0) is 18.9. The van der Waals surface area contributed by atoms with E-state index < -0.39 is 10.0 Å². The quantitative estimate of drug-likeness (QED) is 0.764. The van der Waals surface area contributed by atoms with Crippen LogP contribution in [0, 0.1) is 0 Å². The van der Waals surface area contributed by atoms with Crippen LogP contribution in [0.3, 0.4) is 0 Å². The van der Waals surface area contributed by atoms with E-state index in [4.69, 9.17) is 4.74 Å². The zero-order valence-corrected chi connectivity index (χ0v) is 16.4. The van der Waals surface area contributed by atoms with Crippen LogP contribution < -0.4 is 4.74 Å². The van der Waals surface area contributed by atoms with E-state index in [0.717, 1.165) is 18.7 Å². The van der Waals surface area contributed by atoms with Crippen molar-refractivity contribution in [1.82, 2.24) is 9.21 Å². The third-order valence-electron chi connectivity index (χ3n) is 5.35. The second kappa shape index (κ2) is 7.62. The molecular formula is C21H26N2O3S. The molecule has 2 aliphatic rings. The van der Waals surface area contributed by atoms with Gasteiger partial charge in [-0.15, -0.1) is 0 Å². The molecular weight excluding hydrogens is 360 g/mol. The summed E-state index contributed by atoms with van der Waals surface area (Å²) in [6.07, 6.45) is 2.46. The predicted octanol–water partition coefficient (Wildman–Crippen LogP) is 3.30. The Morgan fingerprint density at radius 2 is 1.70 bits per heavy atom. The van der Waals surface area contributed by atoms with Gasteiger partial charge in [0.2, 0.25) is 10.0 Å². The maximum Gasteiger partial charge on any atom is 0.243 e. The summed E-state index contributed by atoms with van der Waals surface area (Å²) >= 11 is 0. The lowest BCUT2D eigenvalue weighted by Gasteiger charge is -2.41. The fourth-order valence-electron chi connectivity index (χ4n) is 3.80. The molecule has 27 heavy (non-hydrogen) atoms. The van der Waals surface area contributed by atoms with Gasteiger partial charge in [0.25, 0.3) is 0 Å². The number of hydrogen-bond donors (Lipinski definition) is 0. The highest BCUT2D eigenvalue weighted by Gasteiger charge is 2.40. The first-order chi connectivity index (χ1) is 13.1. The van der Waals surface area contributed by atoms with E-state index in [1.807, 2.05) is 37.3 Å². The van der Waals surface area contributed by atoms with Gasteiger partial charge in [0.1, 0.15) is 5.75 Å². The minimum absolute atomic E-state index is 0.155. The van der Waals surface area contributed by atoms with Gasteiger partial charge in [0.05, 0.1) is 17.5 Å². The SMILES string of the molecule is CCOc1ccc(S(=O)(=O)N2CCN(C3CC3)CC2c2ccccc2)cc1. The zero-order valence-electron chi connectivity index (χ0n) is 15.6. The Labute approximate surface area is 161 Å². The van der Waals surface area contributed by atoms with Gasteiger partial charge in [-0.05, 0) is 49.6 Å². The number of sulfonamides is 1. The molecule has 1 aliphatic carbocycles. The van der Waals surface area contributed by atoms with Crippen LogP contribution in [0.1, 0.15) is 31.4 Å². The summed E-state index contributed by atoms with van der Waals surface area (Å²) in [5, 5.41) is 0. The normalized spacial score (nSPS) is 21.9. The van der Waals surface area contributed by atoms with Gasteiger partial charge in [-0.3, -0.25) is 4.90 Å². The first-order valence-corrected chi connectivity index (χ1v) is 11.1. The molecule has 0 bridgehead atoms. The molecule has 5 nitrogen and oxygen atoms in total. The first kappa shape index (κ1) is 18.5. The number of rotatable bonds is 6. The van der Waals surface area contributed by atoms with Gasteiger partial charge < -0.3 is 4.74 Å². The fourth-order valence-corrected chi connectivity index (χ4v) is 5.40. The van der Waals surface area contributed by atoms with Crippen molar-refractivity contribution in [2.24, 2.45) is 0 Å². The number of hydrogen-bond acceptors (Lipinski definition) is 4. The van der Waals surface area contributed by atoms with E-state index in [0.29, 0.717) is 29.8 Å². The lowest BCUT2D eigenvalue weighted by Crippen LogP contribution is -2.51. The van der Waals surface area contributed by atoms with Crippen molar-refractivity contribution in [2.75, 3.05) is 26.2 Å². The molecule has 2 fully saturated rings. The first-order valence-electron chi connectivity index (χ1n) is 9.63. The van der Waals surface area contributed by atoms with E-state index >= 15 is 0 Å². The smallest absolute Gasteiger partial charge is 0.243 e. The molecule has 6 heteroatoms. The van der Waals surface area contributed by atoms with Crippen molar-refractivity contribution in [3.8, 4) is 5.75 Å². The van der Waals surface area contributed by atoms with Gasteiger partial charge >= 0.3 is 0 Å². The van der Waals surface area contributed by atoms with Crippen LogP contribution in [0.5, 0.6) is 5.75 Å². The highest BCUT2D eigenvalue weighted by molar-refractivity contribution is 7.89. The Kier molecular flexibility index (Phi) is 5.21. The lowest BCUT2D eigenvalue weighted by atomic mass is 10.0. The number of ether oxygens (including phenoxy) is 1. The Balaban J connectivity index is 1.64. The van der Waals surface area contributed by atoms with Crippen molar-refractivity contribution < 1.29 is 13.2 Å². The lowest BCUT2D eigenvalue weighted by molar-refractivity contribution is 0.128. The Bertz CT molecular complexity index is 864. The average Bonchev–Trinajstić information content (AvgIpc) is 3.54. The van der Waals surface area contributed by atoms with E-state index in [1.165, 1.54) is 12.8 Å². The van der Waals surface area contributed by atoms with E-state index in [9.17, 15) is 8.42 Å². The van der Waals surface area contributed by atoms with Crippen LogP contribution in [-0.2, 0) is 10.0 Å². The summed E-state index contributed by atoms with van der Waals surface area (Å²) in [5.74, 6) is 0.689. The molecule has 0 amide bonds. The average molecular weight is 387 g/mol. The van der Waals surface area contributed by atoms with E-state index in [2.05, 4.69) is 4.90 Å². The maximum atomic E-state index is 13.4. The van der Waals surface area contributed by atoms with E-state index in [1.54, 1.807) is 28.6 Å². The summed E-state index contributed by atoms with van der Waals surface area (Å²) < 4.78 is 33.9. The molecule has 2 aromatic carbocycles. The molecule has 0 radical (unpaired) electrons. The van der Waals surface area contributed by atoms with Crippen molar-refractivity contribution in [1.29, 1.82) is 0 Å². The summed E-state index contributed by atoms with van der Waals surface area (Å²) in [7, 11) is -3.57. The van der Waals surface area contributed by atoms with E-state index in [-0.39, 0.29) is 6.04 Å². The summed E-state index contributed by atoms with van der Waals surface area (Å²) in [6.45, 7) is 4.54. The summed E-state index contributed by atoms with van der Waals surface area (Å²) in [6, 6.07) is 17.2. The molecule has 4 rings (SSSR count). The Hall–Kier alpha value is -1.89. The molecule has 1 unspecified atom stereocenters. The minimum Gasteiger partial charge on any atom is -0.494 e. The molecule has 1 atom stereocenters. The van der Waals surface area contributed by atoms with Gasteiger partial charge in [-0.2, -0.15) is 4.31 Å². The number of piperazine rings is 1. The van der Waals surface area contributed by atoms with Crippen LogP contribution >= 0.6 is 0 Å². The topological polar surface area (TPSA) is 49.9 Å². The molecule has 0 N–H and O–H groups in total. The van der Waals surface area contributed by atoms with Crippen molar-refractivity contribution in [3.63, 3.8) is 0 Å². The van der Waals surface area contributed by atoms with Gasteiger partial charge in [0.15, 0.2) is 0 Å². The van der Waals surface area contributed by atoms with Gasteiger partial charge in [-0.1, -0.05) is 30.3 Å². The molecule has 1 saturated carbocycles.